The fourth-order valence-electron chi connectivity index (χ4n) is 2.34. The van der Waals surface area contributed by atoms with Crippen LogP contribution in [0.2, 0.25) is 0 Å². The molecule has 0 aliphatic heterocycles. The first kappa shape index (κ1) is 22.7. The SMILES string of the molecule is CN(C(=O)OCc1ccccc1)N(CC(=O)OC(C)(C)C)C(=O)Oc1ccccc1. The minimum Gasteiger partial charge on any atom is -0.459 e. The van der Waals surface area contributed by atoms with Crippen molar-refractivity contribution in [3.63, 3.8) is 0 Å². The minimum atomic E-state index is -0.925. The number of esters is 1. The number of para-hydroxylation sites is 1. The molecule has 30 heavy (non-hydrogen) atoms. The van der Waals surface area contributed by atoms with Crippen molar-refractivity contribution < 1.29 is 28.6 Å². The Morgan fingerprint density at radius 3 is 2.00 bits per heavy atom. The highest BCUT2D eigenvalue weighted by atomic mass is 16.6. The van der Waals surface area contributed by atoms with Crippen molar-refractivity contribution in [3.05, 3.63) is 66.2 Å². The van der Waals surface area contributed by atoms with Crippen molar-refractivity contribution >= 4 is 18.2 Å². The van der Waals surface area contributed by atoms with Crippen LogP contribution in [0, 0.1) is 0 Å². The molecule has 8 heteroatoms. The summed E-state index contributed by atoms with van der Waals surface area (Å²) in [4.78, 5) is 37.4. The number of nitrogens with zero attached hydrogens (tertiary/aromatic N) is 2. The van der Waals surface area contributed by atoms with E-state index in [4.69, 9.17) is 14.2 Å². The highest BCUT2D eigenvalue weighted by Gasteiger charge is 2.30. The Hall–Kier alpha value is -3.55. The standard InChI is InChI=1S/C22H26N2O6/c1-22(2,3)30-19(25)15-24(21(27)29-18-13-9-6-10-14-18)23(4)20(26)28-16-17-11-7-5-8-12-17/h5-14H,15-16H2,1-4H3. The maximum atomic E-state index is 12.7. The molecule has 8 nitrogen and oxygen atoms in total. The van der Waals surface area contributed by atoms with E-state index in [1.54, 1.807) is 63.2 Å². The van der Waals surface area contributed by atoms with Crippen LogP contribution in [0.1, 0.15) is 26.3 Å². The van der Waals surface area contributed by atoms with E-state index in [1.807, 2.05) is 18.2 Å². The summed E-state index contributed by atoms with van der Waals surface area (Å²) in [6, 6.07) is 17.4. The van der Waals surface area contributed by atoms with Crippen LogP contribution >= 0.6 is 0 Å². The van der Waals surface area contributed by atoms with Crippen LogP contribution in [0.4, 0.5) is 9.59 Å². The van der Waals surface area contributed by atoms with Gasteiger partial charge < -0.3 is 14.2 Å². The summed E-state index contributed by atoms with van der Waals surface area (Å²) in [5.74, 6) is -0.432. The van der Waals surface area contributed by atoms with E-state index in [9.17, 15) is 14.4 Å². The summed E-state index contributed by atoms with van der Waals surface area (Å²) < 4.78 is 15.8. The van der Waals surface area contributed by atoms with E-state index in [1.165, 1.54) is 7.05 Å². The maximum absolute atomic E-state index is 12.7. The predicted molar refractivity (Wildman–Crippen MR) is 109 cm³/mol. The number of ether oxygens (including phenoxy) is 3. The van der Waals surface area contributed by atoms with Crippen molar-refractivity contribution in [3.8, 4) is 5.75 Å². The molecule has 0 fully saturated rings. The molecule has 0 spiro atoms. The topological polar surface area (TPSA) is 85.4 Å². The zero-order chi connectivity index (χ0) is 22.1. The van der Waals surface area contributed by atoms with Gasteiger partial charge in [0.25, 0.3) is 0 Å². The van der Waals surface area contributed by atoms with Gasteiger partial charge in [0.1, 0.15) is 24.5 Å². The Morgan fingerprint density at radius 1 is 0.867 bits per heavy atom. The Morgan fingerprint density at radius 2 is 1.43 bits per heavy atom. The fourth-order valence-corrected chi connectivity index (χ4v) is 2.34. The summed E-state index contributed by atoms with van der Waals surface area (Å²) in [6.07, 6.45) is -1.75. The zero-order valence-corrected chi connectivity index (χ0v) is 17.5. The number of rotatable bonds is 5. The van der Waals surface area contributed by atoms with Gasteiger partial charge in [-0.1, -0.05) is 48.5 Å². The van der Waals surface area contributed by atoms with Crippen molar-refractivity contribution in [2.24, 2.45) is 0 Å². The molecule has 160 valence electrons. The molecule has 0 radical (unpaired) electrons. The van der Waals surface area contributed by atoms with Crippen LogP contribution in [-0.4, -0.2) is 47.4 Å². The van der Waals surface area contributed by atoms with E-state index >= 15 is 0 Å². The van der Waals surface area contributed by atoms with E-state index in [2.05, 4.69) is 0 Å². The Balaban J connectivity index is 2.10. The van der Waals surface area contributed by atoms with Gasteiger partial charge in [0.2, 0.25) is 0 Å². The van der Waals surface area contributed by atoms with Crippen LogP contribution in [0.15, 0.2) is 60.7 Å². The molecule has 0 N–H and O–H groups in total. The first-order valence-electron chi connectivity index (χ1n) is 9.36. The largest absolute Gasteiger partial charge is 0.459 e. The highest BCUT2D eigenvalue weighted by Crippen LogP contribution is 2.14. The molecule has 2 rings (SSSR count). The molecule has 2 aromatic carbocycles. The Labute approximate surface area is 175 Å². The van der Waals surface area contributed by atoms with Crippen LogP contribution in [0.25, 0.3) is 0 Å². The van der Waals surface area contributed by atoms with Crippen molar-refractivity contribution in [2.75, 3.05) is 13.6 Å². The second kappa shape index (κ2) is 10.3. The van der Waals surface area contributed by atoms with E-state index in [0.717, 1.165) is 15.6 Å². The molecule has 0 heterocycles. The third-order valence-corrected chi connectivity index (χ3v) is 3.69. The van der Waals surface area contributed by atoms with E-state index in [0.29, 0.717) is 0 Å². The van der Waals surface area contributed by atoms with Crippen LogP contribution in [-0.2, 0) is 20.9 Å². The van der Waals surface area contributed by atoms with Gasteiger partial charge in [0.15, 0.2) is 0 Å². The first-order valence-corrected chi connectivity index (χ1v) is 9.36. The molecule has 0 bridgehead atoms. The third-order valence-electron chi connectivity index (χ3n) is 3.69. The molecule has 0 saturated heterocycles. The molecular formula is C22H26N2O6. The minimum absolute atomic E-state index is 0.0119. The van der Waals surface area contributed by atoms with Gasteiger partial charge in [0, 0.05) is 7.05 Å². The summed E-state index contributed by atoms with van der Waals surface area (Å²) in [5, 5.41) is 1.71. The lowest BCUT2D eigenvalue weighted by atomic mass is 10.2. The van der Waals surface area contributed by atoms with Crippen LogP contribution in [0.3, 0.4) is 0 Å². The maximum Gasteiger partial charge on any atom is 0.434 e. The molecule has 0 saturated carbocycles. The molecule has 0 aliphatic carbocycles. The number of hydrogen-bond acceptors (Lipinski definition) is 6. The molecule has 2 amide bonds. The molecule has 0 aromatic heterocycles. The average Bonchev–Trinajstić information content (AvgIpc) is 2.70. The Bertz CT molecular complexity index is 849. The van der Waals surface area contributed by atoms with Gasteiger partial charge in [-0.05, 0) is 38.5 Å². The van der Waals surface area contributed by atoms with Crippen LogP contribution < -0.4 is 4.74 Å². The number of hydrazine groups is 1. The quantitative estimate of drug-likeness (QED) is 0.543. The predicted octanol–water partition coefficient (Wildman–Crippen LogP) is 4.01. The number of hydrogen-bond donors (Lipinski definition) is 0. The van der Waals surface area contributed by atoms with Gasteiger partial charge in [0.05, 0.1) is 0 Å². The number of carbonyl (C=O) groups excluding carboxylic acids is 3. The lowest BCUT2D eigenvalue weighted by molar-refractivity contribution is -0.158. The van der Waals surface area contributed by atoms with Gasteiger partial charge >= 0.3 is 18.2 Å². The number of carbonyl (C=O) groups is 3. The van der Waals surface area contributed by atoms with Crippen LogP contribution in [0.5, 0.6) is 5.75 Å². The average molecular weight is 414 g/mol. The van der Waals surface area contributed by atoms with E-state index < -0.39 is 30.3 Å². The van der Waals surface area contributed by atoms with Crippen molar-refractivity contribution in [2.45, 2.75) is 33.0 Å². The van der Waals surface area contributed by atoms with Gasteiger partial charge in [-0.2, -0.15) is 0 Å². The third kappa shape index (κ3) is 7.46. The summed E-state index contributed by atoms with van der Waals surface area (Å²) in [6.45, 7) is 4.60. The van der Waals surface area contributed by atoms with Crippen molar-refractivity contribution in [1.29, 1.82) is 0 Å². The summed E-state index contributed by atoms with van der Waals surface area (Å²) >= 11 is 0. The summed E-state index contributed by atoms with van der Waals surface area (Å²) in [5.41, 5.74) is 0.0307. The second-order valence-electron chi connectivity index (χ2n) is 7.39. The Kier molecular flexibility index (Phi) is 7.80. The van der Waals surface area contributed by atoms with Gasteiger partial charge in [-0.25, -0.2) is 19.6 Å². The zero-order valence-electron chi connectivity index (χ0n) is 17.5. The fraction of sp³-hybridized carbons (Fsp3) is 0.318. The summed E-state index contributed by atoms with van der Waals surface area (Å²) in [7, 11) is 1.31. The lowest BCUT2D eigenvalue weighted by Gasteiger charge is -2.30. The highest BCUT2D eigenvalue weighted by molar-refractivity contribution is 5.81. The smallest absolute Gasteiger partial charge is 0.434 e. The molecule has 0 atom stereocenters. The van der Waals surface area contributed by atoms with Gasteiger partial charge in [-0.3, -0.25) is 4.79 Å². The number of benzene rings is 2. The molecule has 2 aromatic rings. The number of amides is 2. The second-order valence-corrected chi connectivity index (χ2v) is 7.39. The molecule has 0 unspecified atom stereocenters. The monoisotopic (exact) mass is 414 g/mol. The first-order chi connectivity index (χ1) is 14.2. The van der Waals surface area contributed by atoms with E-state index in [-0.39, 0.29) is 12.4 Å². The van der Waals surface area contributed by atoms with Gasteiger partial charge in [-0.15, -0.1) is 0 Å². The normalized spacial score (nSPS) is 10.7. The molecular weight excluding hydrogens is 388 g/mol. The van der Waals surface area contributed by atoms with Crippen molar-refractivity contribution in [1.82, 2.24) is 10.0 Å². The lowest BCUT2D eigenvalue weighted by Crippen LogP contribution is -2.51. The molecule has 0 aliphatic rings.